The third-order valence-electron chi connectivity index (χ3n) is 5.21. The summed E-state index contributed by atoms with van der Waals surface area (Å²) < 4.78 is 0. The molecular weight excluding hydrogens is 484 g/mol. The first-order valence-electron chi connectivity index (χ1n) is 11.0. The molecule has 2 aromatic carbocycles. The van der Waals surface area contributed by atoms with Gasteiger partial charge in [-0.05, 0) is 38.1 Å². The molecule has 2 N–H and O–H groups in total. The molecule has 2 aromatic rings. The van der Waals surface area contributed by atoms with Gasteiger partial charge < -0.3 is 10.2 Å². The van der Waals surface area contributed by atoms with Crippen molar-refractivity contribution in [2.24, 2.45) is 0 Å². The van der Waals surface area contributed by atoms with Gasteiger partial charge in [0.1, 0.15) is 11.5 Å². The molecule has 0 fully saturated rings. The van der Waals surface area contributed by atoms with Crippen molar-refractivity contribution >= 4 is 0 Å². The summed E-state index contributed by atoms with van der Waals surface area (Å²) >= 11 is 0. The fourth-order valence-corrected chi connectivity index (χ4v) is 3.09. The van der Waals surface area contributed by atoms with Crippen molar-refractivity contribution in [3.05, 3.63) is 105 Å². The van der Waals surface area contributed by atoms with E-state index in [0.717, 1.165) is 12.8 Å². The zero-order chi connectivity index (χ0) is 24.3. The minimum atomic E-state index is 0. The molecule has 0 atom stereocenters. The Morgan fingerprint density at radius 1 is 0.515 bits per heavy atom. The molecule has 0 unspecified atom stereocenters. The Morgan fingerprint density at radius 2 is 0.788 bits per heavy atom. The van der Waals surface area contributed by atoms with E-state index in [1.54, 1.807) is 24.3 Å². The molecule has 0 aromatic heterocycles. The van der Waals surface area contributed by atoms with Crippen molar-refractivity contribution in [3.63, 3.8) is 0 Å². The topological polar surface area (TPSA) is 40.5 Å². The predicted molar refractivity (Wildman–Crippen MR) is 137 cm³/mol. The van der Waals surface area contributed by atoms with E-state index in [2.05, 4.69) is 53.7 Å². The van der Waals surface area contributed by atoms with E-state index in [1.807, 2.05) is 38.1 Å². The molecule has 0 heterocycles. The summed E-state index contributed by atoms with van der Waals surface area (Å²) in [6.45, 7) is 16.8. The number of benzene rings is 2. The molecule has 0 amide bonds. The Labute approximate surface area is 220 Å². The molecule has 2 aliphatic rings. The van der Waals surface area contributed by atoms with E-state index in [0.29, 0.717) is 11.5 Å². The number of phenolic OH excluding ortho intramolecular Hbond substituents is 2. The monoisotopic (exact) mass is 520 g/mol. The van der Waals surface area contributed by atoms with E-state index in [9.17, 15) is 0 Å². The van der Waals surface area contributed by atoms with Gasteiger partial charge in [0.15, 0.2) is 0 Å². The zero-order valence-electron chi connectivity index (χ0n) is 21.4. The van der Waals surface area contributed by atoms with Crippen LogP contribution in [-0.4, -0.2) is 10.2 Å². The van der Waals surface area contributed by atoms with Gasteiger partial charge in [0.2, 0.25) is 0 Å². The second-order valence-electron chi connectivity index (χ2n) is 8.65. The molecule has 0 spiro atoms. The summed E-state index contributed by atoms with van der Waals surface area (Å²) in [5, 5.41) is 17.5. The number of allylic oxidation sites excluding steroid dienone is 8. The maximum absolute atomic E-state index is 8.76. The van der Waals surface area contributed by atoms with Gasteiger partial charge in [-0.1, -0.05) is 75.9 Å². The summed E-state index contributed by atoms with van der Waals surface area (Å²) in [5.41, 5.74) is 10.7. The van der Waals surface area contributed by atoms with Gasteiger partial charge in [-0.15, -0.1) is 13.8 Å². The molecule has 2 aliphatic carbocycles. The Balaban J connectivity index is 0.000000410. The second-order valence-corrected chi connectivity index (χ2v) is 8.65. The van der Waals surface area contributed by atoms with Gasteiger partial charge in [0, 0.05) is 0 Å². The first-order valence-corrected chi connectivity index (χ1v) is 11.0. The van der Waals surface area contributed by atoms with Gasteiger partial charge >= 0.3 is 26.2 Å². The summed E-state index contributed by atoms with van der Waals surface area (Å²) in [5.74, 6) is 0.659. The van der Waals surface area contributed by atoms with Crippen LogP contribution in [0.25, 0.3) is 0 Å². The molecule has 0 aliphatic heterocycles. The zero-order valence-corrected chi connectivity index (χ0v) is 23.9. The van der Waals surface area contributed by atoms with Gasteiger partial charge in [0.05, 0.1) is 0 Å². The van der Waals surface area contributed by atoms with Crippen molar-refractivity contribution in [1.29, 1.82) is 0 Å². The Hall–Kier alpha value is -2.12. The number of phenols is 2. The molecule has 0 bridgehead atoms. The molecule has 2 nitrogen and oxygen atoms in total. The molecule has 3 heteroatoms. The molecule has 4 rings (SSSR count). The second kappa shape index (κ2) is 15.7. The van der Waals surface area contributed by atoms with Crippen molar-refractivity contribution in [2.75, 3.05) is 0 Å². The predicted octanol–water partition coefficient (Wildman–Crippen LogP) is 8.35. The van der Waals surface area contributed by atoms with Gasteiger partial charge in [0.25, 0.3) is 0 Å². The Kier molecular flexibility index (Phi) is 14.7. The number of hydrogen-bond acceptors (Lipinski definition) is 2. The Bertz CT molecular complexity index is 863. The fraction of sp³-hybridized carbons (Fsp3) is 0.333. The van der Waals surface area contributed by atoms with Crippen LogP contribution in [0.2, 0.25) is 0 Å². The molecule has 174 valence electrons. The molecule has 33 heavy (non-hydrogen) atoms. The smallest absolute Gasteiger partial charge is 0.508 e. The van der Waals surface area contributed by atoms with Crippen LogP contribution in [0, 0.1) is 26.0 Å². The van der Waals surface area contributed by atoms with Gasteiger partial charge in [-0.2, -0.15) is 11.1 Å². The molecule has 0 radical (unpaired) electrons. The summed E-state index contributed by atoms with van der Waals surface area (Å²) in [4.78, 5) is 0. The van der Waals surface area contributed by atoms with Crippen molar-refractivity contribution < 1.29 is 36.4 Å². The van der Waals surface area contributed by atoms with E-state index in [4.69, 9.17) is 10.2 Å². The van der Waals surface area contributed by atoms with Crippen molar-refractivity contribution in [2.45, 2.75) is 68.2 Å². The standard InChI is InChI=1S/2C8H11.2C7H8O.Zr/c2*1-6-4-7(2)8(3)5-6;2*1-6-2-4-7(8)5-3-6;/h2*4H2,1-3H3;2*2-5,8H,1H3;/q2*-1;;;+2. The van der Waals surface area contributed by atoms with E-state index in [-0.39, 0.29) is 26.2 Å². The van der Waals surface area contributed by atoms with Crippen LogP contribution in [0.4, 0.5) is 0 Å². The van der Waals surface area contributed by atoms with Crippen molar-refractivity contribution in [1.82, 2.24) is 0 Å². The maximum atomic E-state index is 8.76. The van der Waals surface area contributed by atoms with Crippen LogP contribution in [-0.2, 0) is 26.2 Å². The van der Waals surface area contributed by atoms with Gasteiger partial charge in [-0.25, -0.2) is 34.4 Å². The SMILES string of the molecule is CC1=[C-]C(C)=C(C)C1.CC1=[C-]C(C)=C(C)C1.Cc1ccc(O)cc1.Cc1ccc(O)cc1.[Zr+2]. The third-order valence-corrected chi connectivity index (χ3v) is 5.21. The number of hydrogen-bond donors (Lipinski definition) is 2. The molecule has 0 saturated carbocycles. The molecule has 0 saturated heterocycles. The number of aromatic hydroxyl groups is 2. The van der Waals surface area contributed by atoms with E-state index in [1.165, 1.54) is 44.6 Å². The van der Waals surface area contributed by atoms with E-state index < -0.39 is 0 Å². The quantitative estimate of drug-likeness (QED) is 0.342. The first-order chi connectivity index (χ1) is 15.0. The number of aryl methyl sites for hydroxylation is 2. The number of rotatable bonds is 0. The summed E-state index contributed by atoms with van der Waals surface area (Å²) in [6, 6.07) is 14.2. The van der Waals surface area contributed by atoms with Crippen molar-refractivity contribution in [3.8, 4) is 11.5 Å². The minimum absolute atomic E-state index is 0. The van der Waals surface area contributed by atoms with Gasteiger partial charge in [-0.3, -0.25) is 0 Å². The van der Waals surface area contributed by atoms with Crippen LogP contribution in [0.15, 0.2) is 82.0 Å². The van der Waals surface area contributed by atoms with Crippen LogP contribution < -0.4 is 0 Å². The minimum Gasteiger partial charge on any atom is -0.508 e. The third kappa shape index (κ3) is 13.2. The maximum Gasteiger partial charge on any atom is 2.00 e. The molecular formula is C30H38O2Zr. The largest absolute Gasteiger partial charge is 2.00 e. The average molecular weight is 522 g/mol. The van der Waals surface area contributed by atoms with E-state index >= 15 is 0 Å². The fourth-order valence-electron chi connectivity index (χ4n) is 3.09. The van der Waals surface area contributed by atoms with Crippen LogP contribution in [0.5, 0.6) is 11.5 Å². The normalized spacial score (nSPS) is 13.9. The summed E-state index contributed by atoms with van der Waals surface area (Å²) in [6.07, 6.45) is 8.81. The van der Waals surface area contributed by atoms with Crippen LogP contribution in [0.1, 0.15) is 65.5 Å². The van der Waals surface area contributed by atoms with Crippen LogP contribution in [0.3, 0.4) is 0 Å². The first kappa shape index (κ1) is 30.9. The average Bonchev–Trinajstić information content (AvgIpc) is 3.19. The van der Waals surface area contributed by atoms with Crippen LogP contribution >= 0.6 is 0 Å². The summed E-state index contributed by atoms with van der Waals surface area (Å²) in [7, 11) is 0. The Morgan fingerprint density at radius 3 is 0.909 bits per heavy atom.